The van der Waals surface area contributed by atoms with E-state index in [-0.39, 0.29) is 12.4 Å². The summed E-state index contributed by atoms with van der Waals surface area (Å²) < 4.78 is 6.10. The van der Waals surface area contributed by atoms with Crippen molar-refractivity contribution < 1.29 is 19.7 Å². The standard InChI is InChI=1S/C33H41NO4/c1-2-3-10-26-15-17-27(18-16-26)23-31(32(36)28-11-6-4-7-12-28)38-25-30(35)24-34-21-19-33(37,20-22-34)29-13-8-5-9-14-29/h4-9,11-18,30-31,35,37H,2-3,10,19-25H2,1H3. The van der Waals surface area contributed by atoms with Gasteiger partial charge in [0.2, 0.25) is 0 Å². The number of hydrogen-bond acceptors (Lipinski definition) is 5. The van der Waals surface area contributed by atoms with Gasteiger partial charge in [-0.15, -0.1) is 0 Å². The Morgan fingerprint density at radius 3 is 2.16 bits per heavy atom. The second-order valence-electron chi connectivity index (χ2n) is 10.5. The number of piperidine rings is 1. The van der Waals surface area contributed by atoms with E-state index in [0.29, 0.717) is 44.5 Å². The summed E-state index contributed by atoms with van der Waals surface area (Å²) >= 11 is 0. The highest BCUT2D eigenvalue weighted by Crippen LogP contribution is 2.32. The molecule has 1 heterocycles. The van der Waals surface area contributed by atoms with E-state index < -0.39 is 17.8 Å². The van der Waals surface area contributed by atoms with Crippen LogP contribution in [0.2, 0.25) is 0 Å². The number of aryl methyl sites for hydroxylation is 1. The molecule has 1 aliphatic heterocycles. The lowest BCUT2D eigenvalue weighted by molar-refractivity contribution is -0.0483. The number of ketones is 1. The smallest absolute Gasteiger partial charge is 0.191 e. The van der Waals surface area contributed by atoms with E-state index in [4.69, 9.17) is 4.74 Å². The Kier molecular flexibility index (Phi) is 10.2. The molecule has 5 heteroatoms. The molecule has 2 unspecified atom stereocenters. The highest BCUT2D eigenvalue weighted by molar-refractivity contribution is 5.99. The number of nitrogens with zero attached hydrogens (tertiary/aromatic N) is 1. The van der Waals surface area contributed by atoms with Crippen molar-refractivity contribution in [3.63, 3.8) is 0 Å². The first kappa shape index (κ1) is 28.2. The molecule has 0 aromatic heterocycles. The summed E-state index contributed by atoms with van der Waals surface area (Å²) in [6.45, 7) is 4.11. The number of rotatable bonds is 13. The topological polar surface area (TPSA) is 70.0 Å². The van der Waals surface area contributed by atoms with Crippen LogP contribution in [0, 0.1) is 0 Å². The van der Waals surface area contributed by atoms with Crippen molar-refractivity contribution in [1.29, 1.82) is 0 Å². The van der Waals surface area contributed by atoms with Gasteiger partial charge in [-0.1, -0.05) is 98.3 Å². The van der Waals surface area contributed by atoms with Crippen molar-refractivity contribution in [2.24, 2.45) is 0 Å². The number of aliphatic hydroxyl groups is 2. The zero-order valence-electron chi connectivity index (χ0n) is 22.5. The highest BCUT2D eigenvalue weighted by Gasteiger charge is 2.34. The van der Waals surface area contributed by atoms with E-state index in [1.807, 2.05) is 60.7 Å². The Hall–Kier alpha value is -2.83. The number of unbranched alkanes of at least 4 members (excludes halogenated alkanes) is 1. The Bertz CT molecular complexity index is 1110. The number of likely N-dealkylation sites (tertiary alicyclic amines) is 1. The summed E-state index contributed by atoms with van der Waals surface area (Å²) in [6.07, 6.45) is 3.70. The third-order valence-corrected chi connectivity index (χ3v) is 7.57. The first-order valence-corrected chi connectivity index (χ1v) is 13.9. The Morgan fingerprint density at radius 2 is 1.53 bits per heavy atom. The third-order valence-electron chi connectivity index (χ3n) is 7.57. The normalized spacial score (nSPS) is 17.1. The molecule has 202 valence electrons. The van der Waals surface area contributed by atoms with E-state index >= 15 is 0 Å². The second kappa shape index (κ2) is 13.8. The van der Waals surface area contributed by atoms with Gasteiger partial charge in [0.25, 0.3) is 0 Å². The lowest BCUT2D eigenvalue weighted by Gasteiger charge is -2.39. The average molecular weight is 516 g/mol. The van der Waals surface area contributed by atoms with Crippen molar-refractivity contribution in [2.75, 3.05) is 26.2 Å². The number of β-amino-alcohol motifs (C(OH)–C–C–N with tert-alkyl or cyclic N) is 1. The Morgan fingerprint density at radius 1 is 0.921 bits per heavy atom. The van der Waals surface area contributed by atoms with Gasteiger partial charge in [0.05, 0.1) is 18.3 Å². The molecule has 38 heavy (non-hydrogen) atoms. The average Bonchev–Trinajstić information content (AvgIpc) is 2.96. The van der Waals surface area contributed by atoms with Gasteiger partial charge in [-0.3, -0.25) is 4.79 Å². The number of ether oxygens (including phenoxy) is 1. The molecule has 1 saturated heterocycles. The lowest BCUT2D eigenvalue weighted by Crippen LogP contribution is -2.46. The van der Waals surface area contributed by atoms with Crippen LogP contribution >= 0.6 is 0 Å². The molecule has 0 saturated carbocycles. The van der Waals surface area contributed by atoms with Gasteiger partial charge in [-0.05, 0) is 42.4 Å². The quantitative estimate of drug-likeness (QED) is 0.307. The summed E-state index contributed by atoms with van der Waals surface area (Å²) in [7, 11) is 0. The molecule has 2 N–H and O–H groups in total. The second-order valence-corrected chi connectivity index (χ2v) is 10.5. The number of carbonyl (C=O) groups excluding carboxylic acids is 1. The fourth-order valence-corrected chi connectivity index (χ4v) is 5.17. The van der Waals surface area contributed by atoms with Crippen molar-refractivity contribution in [1.82, 2.24) is 4.90 Å². The molecule has 0 bridgehead atoms. The predicted octanol–water partition coefficient (Wildman–Crippen LogP) is 5.18. The van der Waals surface area contributed by atoms with Crippen LogP contribution in [0.4, 0.5) is 0 Å². The van der Waals surface area contributed by atoms with Gasteiger partial charge in [-0.2, -0.15) is 0 Å². The van der Waals surface area contributed by atoms with Crippen LogP contribution in [0.1, 0.15) is 59.7 Å². The number of aliphatic hydroxyl groups excluding tert-OH is 1. The maximum absolute atomic E-state index is 13.3. The first-order valence-electron chi connectivity index (χ1n) is 13.9. The minimum Gasteiger partial charge on any atom is -0.389 e. The fourth-order valence-electron chi connectivity index (χ4n) is 5.17. The van der Waals surface area contributed by atoms with E-state index in [9.17, 15) is 15.0 Å². The molecule has 0 radical (unpaired) electrons. The van der Waals surface area contributed by atoms with Crippen molar-refractivity contribution >= 4 is 5.78 Å². The number of benzene rings is 3. The SMILES string of the molecule is CCCCc1ccc(CC(OCC(O)CN2CCC(O)(c3ccccc3)CC2)C(=O)c2ccccc2)cc1. The van der Waals surface area contributed by atoms with Crippen LogP contribution in [0.5, 0.6) is 0 Å². The highest BCUT2D eigenvalue weighted by atomic mass is 16.5. The van der Waals surface area contributed by atoms with Crippen molar-refractivity contribution in [3.8, 4) is 0 Å². The molecule has 3 aromatic carbocycles. The summed E-state index contributed by atoms with van der Waals surface area (Å²) in [4.78, 5) is 15.5. The van der Waals surface area contributed by atoms with E-state index in [2.05, 4.69) is 36.1 Å². The molecule has 2 atom stereocenters. The van der Waals surface area contributed by atoms with Crippen LogP contribution < -0.4 is 0 Å². The van der Waals surface area contributed by atoms with E-state index in [0.717, 1.165) is 30.4 Å². The number of carbonyl (C=O) groups is 1. The van der Waals surface area contributed by atoms with Gasteiger partial charge in [-0.25, -0.2) is 0 Å². The largest absolute Gasteiger partial charge is 0.389 e. The molecular formula is C33H41NO4. The monoisotopic (exact) mass is 515 g/mol. The minimum absolute atomic E-state index is 0.0706. The van der Waals surface area contributed by atoms with Crippen molar-refractivity contribution in [3.05, 3.63) is 107 Å². The third kappa shape index (κ3) is 7.84. The molecule has 0 spiro atoms. The molecule has 5 nitrogen and oxygen atoms in total. The van der Waals surface area contributed by atoms with E-state index in [1.165, 1.54) is 5.56 Å². The van der Waals surface area contributed by atoms with Gasteiger partial charge in [0.15, 0.2) is 5.78 Å². The molecule has 1 fully saturated rings. The number of hydrogen-bond donors (Lipinski definition) is 2. The lowest BCUT2D eigenvalue weighted by atomic mass is 9.84. The summed E-state index contributed by atoms with van der Waals surface area (Å²) in [5.41, 5.74) is 3.09. The van der Waals surface area contributed by atoms with Gasteiger partial charge < -0.3 is 19.8 Å². The predicted molar refractivity (Wildman–Crippen MR) is 151 cm³/mol. The van der Waals surface area contributed by atoms with Crippen LogP contribution in [-0.4, -0.2) is 59.3 Å². The first-order chi connectivity index (χ1) is 18.5. The zero-order chi connectivity index (χ0) is 26.8. The van der Waals surface area contributed by atoms with Crippen LogP contribution in [0.3, 0.4) is 0 Å². The molecular weight excluding hydrogens is 474 g/mol. The molecule has 1 aliphatic rings. The summed E-state index contributed by atoms with van der Waals surface area (Å²) in [5.74, 6) is -0.0706. The summed E-state index contributed by atoms with van der Waals surface area (Å²) in [6, 6.07) is 27.5. The van der Waals surface area contributed by atoms with Gasteiger partial charge in [0.1, 0.15) is 6.10 Å². The summed E-state index contributed by atoms with van der Waals surface area (Å²) in [5, 5.41) is 21.9. The van der Waals surface area contributed by atoms with Crippen LogP contribution in [0.15, 0.2) is 84.9 Å². The maximum atomic E-state index is 13.3. The van der Waals surface area contributed by atoms with E-state index in [1.54, 1.807) is 0 Å². The zero-order valence-corrected chi connectivity index (χ0v) is 22.5. The van der Waals surface area contributed by atoms with Crippen LogP contribution in [-0.2, 0) is 23.2 Å². The molecule has 4 rings (SSSR count). The number of Topliss-reactive ketones (excluding diaryl/α,β-unsaturated/α-hetero) is 1. The molecule has 0 aliphatic carbocycles. The van der Waals surface area contributed by atoms with Gasteiger partial charge >= 0.3 is 0 Å². The van der Waals surface area contributed by atoms with Crippen LogP contribution in [0.25, 0.3) is 0 Å². The minimum atomic E-state index is -0.821. The maximum Gasteiger partial charge on any atom is 0.191 e. The van der Waals surface area contributed by atoms with Crippen molar-refractivity contribution in [2.45, 2.75) is 63.3 Å². The Balaban J connectivity index is 1.33. The van der Waals surface area contributed by atoms with Gasteiger partial charge in [0, 0.05) is 31.6 Å². The fraction of sp³-hybridized carbons (Fsp3) is 0.424. The molecule has 0 amide bonds. The molecule has 3 aromatic rings. The Labute approximate surface area is 227 Å².